The number of para-hydroxylation sites is 1. The molecule has 98 valence electrons. The fourth-order valence-electron chi connectivity index (χ4n) is 1.38. The van der Waals surface area contributed by atoms with E-state index in [1.165, 1.54) is 6.19 Å². The summed E-state index contributed by atoms with van der Waals surface area (Å²) in [5.41, 5.74) is 0. The Kier molecular flexibility index (Phi) is 7.25. The van der Waals surface area contributed by atoms with Crippen molar-refractivity contribution in [3.8, 4) is 11.9 Å². The lowest BCUT2D eigenvalue weighted by Gasteiger charge is -2.10. The van der Waals surface area contributed by atoms with Crippen molar-refractivity contribution in [3.63, 3.8) is 0 Å². The van der Waals surface area contributed by atoms with E-state index in [9.17, 15) is 0 Å². The molecule has 0 aromatic heterocycles. The van der Waals surface area contributed by atoms with Gasteiger partial charge in [0.15, 0.2) is 0 Å². The molecule has 0 saturated heterocycles. The first-order chi connectivity index (χ1) is 9.36. The van der Waals surface area contributed by atoms with Crippen LogP contribution in [0.25, 0.3) is 0 Å². The van der Waals surface area contributed by atoms with Crippen LogP contribution < -0.4 is 4.74 Å². The second kappa shape index (κ2) is 9.49. The van der Waals surface area contributed by atoms with Crippen LogP contribution in [0.5, 0.6) is 5.75 Å². The summed E-state index contributed by atoms with van der Waals surface area (Å²) >= 11 is 0. The van der Waals surface area contributed by atoms with Crippen molar-refractivity contribution >= 4 is 6.72 Å². The van der Waals surface area contributed by atoms with E-state index in [1.54, 1.807) is 0 Å². The molecule has 0 radical (unpaired) electrons. The lowest BCUT2D eigenvalue weighted by molar-refractivity contribution is 0.0663. The molecule has 0 bridgehead atoms. The highest BCUT2D eigenvalue weighted by Crippen LogP contribution is 2.12. The molecule has 1 aliphatic carbocycles. The zero-order valence-electron chi connectivity index (χ0n) is 10.7. The van der Waals surface area contributed by atoms with Crippen LogP contribution in [0.2, 0.25) is 0 Å². The first-order valence-corrected chi connectivity index (χ1v) is 5.89. The van der Waals surface area contributed by atoms with Crippen LogP contribution in [0.3, 0.4) is 0 Å². The number of ether oxygens (including phenoxy) is 2. The van der Waals surface area contributed by atoms with E-state index in [4.69, 9.17) is 14.7 Å². The Hall–Kier alpha value is -2.54. The van der Waals surface area contributed by atoms with Gasteiger partial charge in [0.2, 0.25) is 13.0 Å². The molecule has 0 unspecified atom stereocenters. The summed E-state index contributed by atoms with van der Waals surface area (Å²) < 4.78 is 10.9. The molecule has 4 heteroatoms. The Morgan fingerprint density at radius 3 is 2.53 bits per heavy atom. The summed E-state index contributed by atoms with van der Waals surface area (Å²) in [5.74, 6) is 1.73. The van der Waals surface area contributed by atoms with Crippen LogP contribution in [0.15, 0.2) is 59.3 Å². The predicted octanol–water partition coefficient (Wildman–Crippen LogP) is 3.44. The third kappa shape index (κ3) is 6.69. The SMILES string of the molecule is C1=CC(OCOc2ccccc2)=CCC1.C=NC#N. The van der Waals surface area contributed by atoms with Crippen molar-refractivity contribution in [2.24, 2.45) is 4.99 Å². The zero-order chi connectivity index (χ0) is 13.8. The van der Waals surface area contributed by atoms with Gasteiger partial charge in [-0.1, -0.05) is 24.3 Å². The van der Waals surface area contributed by atoms with E-state index >= 15 is 0 Å². The number of rotatable bonds is 4. The lowest BCUT2D eigenvalue weighted by atomic mass is 10.2. The number of aliphatic imine (C=N–C) groups is 1. The van der Waals surface area contributed by atoms with E-state index < -0.39 is 0 Å². The Balaban J connectivity index is 0.000000399. The summed E-state index contributed by atoms with van der Waals surface area (Å²) in [6.45, 7) is 3.13. The largest absolute Gasteiger partial charge is 0.458 e. The molecule has 0 amide bonds. The maximum Gasteiger partial charge on any atom is 0.230 e. The molecule has 19 heavy (non-hydrogen) atoms. The van der Waals surface area contributed by atoms with Crippen molar-refractivity contribution in [1.82, 2.24) is 0 Å². The van der Waals surface area contributed by atoms with Gasteiger partial charge in [-0.2, -0.15) is 10.3 Å². The van der Waals surface area contributed by atoms with Crippen molar-refractivity contribution in [3.05, 3.63) is 54.3 Å². The van der Waals surface area contributed by atoms with Gasteiger partial charge in [-0.15, -0.1) is 0 Å². The molecule has 0 N–H and O–H groups in total. The quantitative estimate of drug-likeness (QED) is 0.471. The Labute approximate surface area is 113 Å². The minimum atomic E-state index is 0.264. The molecule has 0 heterocycles. The number of hydrogen-bond donors (Lipinski definition) is 0. The predicted molar refractivity (Wildman–Crippen MR) is 74.6 cm³/mol. The van der Waals surface area contributed by atoms with Gasteiger partial charge < -0.3 is 9.47 Å². The average Bonchev–Trinajstić information content (AvgIpc) is 2.50. The Morgan fingerprint density at radius 2 is 1.95 bits per heavy atom. The third-order valence-electron chi connectivity index (χ3n) is 2.23. The third-order valence-corrected chi connectivity index (χ3v) is 2.23. The van der Waals surface area contributed by atoms with E-state index in [-0.39, 0.29) is 6.79 Å². The molecule has 4 nitrogen and oxygen atoms in total. The number of hydrogen-bond acceptors (Lipinski definition) is 4. The van der Waals surface area contributed by atoms with E-state index in [0.29, 0.717) is 0 Å². The second-order valence-corrected chi connectivity index (χ2v) is 3.56. The van der Waals surface area contributed by atoms with Crippen molar-refractivity contribution in [2.75, 3.05) is 6.79 Å². The average molecular weight is 256 g/mol. The minimum absolute atomic E-state index is 0.264. The van der Waals surface area contributed by atoms with E-state index in [2.05, 4.69) is 23.9 Å². The van der Waals surface area contributed by atoms with Crippen LogP contribution in [0.1, 0.15) is 12.8 Å². The Bertz CT molecular complexity index is 473. The normalized spacial score (nSPS) is 12.3. The van der Waals surface area contributed by atoms with Gasteiger partial charge in [0.25, 0.3) is 0 Å². The highest BCUT2D eigenvalue weighted by atomic mass is 16.7. The summed E-state index contributed by atoms with van der Waals surface area (Å²) in [7, 11) is 0. The van der Waals surface area contributed by atoms with Crippen LogP contribution in [-0.4, -0.2) is 13.5 Å². The molecule has 0 spiro atoms. The smallest absolute Gasteiger partial charge is 0.230 e. The van der Waals surface area contributed by atoms with Gasteiger partial charge in [-0.25, -0.2) is 0 Å². The topological polar surface area (TPSA) is 54.6 Å². The monoisotopic (exact) mass is 256 g/mol. The molecular formula is C15H16N2O2. The summed E-state index contributed by atoms with van der Waals surface area (Å²) in [6.07, 6.45) is 9.77. The highest BCUT2D eigenvalue weighted by Gasteiger charge is 1.98. The van der Waals surface area contributed by atoms with Crippen LogP contribution >= 0.6 is 0 Å². The molecule has 1 aromatic carbocycles. The first kappa shape index (κ1) is 14.5. The summed E-state index contributed by atoms with van der Waals surface area (Å²) in [4.78, 5) is 2.79. The molecule has 2 rings (SSSR count). The van der Waals surface area contributed by atoms with Gasteiger partial charge in [0.05, 0.1) is 0 Å². The zero-order valence-corrected chi connectivity index (χ0v) is 10.7. The molecule has 0 fully saturated rings. The van der Waals surface area contributed by atoms with Gasteiger partial charge in [0, 0.05) is 6.72 Å². The number of allylic oxidation sites excluding steroid dienone is 3. The van der Waals surface area contributed by atoms with Crippen LogP contribution in [0.4, 0.5) is 0 Å². The molecule has 0 saturated carbocycles. The maximum absolute atomic E-state index is 7.40. The molecular weight excluding hydrogens is 240 g/mol. The minimum Gasteiger partial charge on any atom is -0.458 e. The van der Waals surface area contributed by atoms with Crippen molar-refractivity contribution in [2.45, 2.75) is 12.8 Å². The number of nitrogens with zero attached hydrogens (tertiary/aromatic N) is 2. The fraction of sp³-hybridized carbons (Fsp3) is 0.200. The molecule has 1 aromatic rings. The van der Waals surface area contributed by atoms with Gasteiger partial charge in [-0.05, 0) is 37.1 Å². The first-order valence-electron chi connectivity index (χ1n) is 5.89. The van der Waals surface area contributed by atoms with Gasteiger partial charge in [-0.3, -0.25) is 0 Å². The van der Waals surface area contributed by atoms with Crippen molar-refractivity contribution in [1.29, 1.82) is 5.26 Å². The second-order valence-electron chi connectivity index (χ2n) is 3.56. The van der Waals surface area contributed by atoms with Crippen molar-refractivity contribution < 1.29 is 9.47 Å². The summed E-state index contributed by atoms with van der Waals surface area (Å²) in [6, 6.07) is 9.66. The molecule has 0 atom stereocenters. The fourth-order valence-corrected chi connectivity index (χ4v) is 1.38. The summed E-state index contributed by atoms with van der Waals surface area (Å²) in [5, 5.41) is 7.40. The molecule has 0 aliphatic heterocycles. The highest BCUT2D eigenvalue weighted by molar-refractivity contribution is 5.25. The standard InChI is InChI=1S/C13H14O2.C2H2N2/c1-3-7-12(8-4-1)14-11-15-13-9-5-2-6-10-13;1-4-2-3/h1,3-5,7-10H,2,6,11H2;1H2. The molecule has 1 aliphatic rings. The van der Waals surface area contributed by atoms with Gasteiger partial charge in [0.1, 0.15) is 11.5 Å². The maximum atomic E-state index is 7.40. The van der Waals surface area contributed by atoms with Gasteiger partial charge >= 0.3 is 0 Å². The van der Waals surface area contributed by atoms with E-state index in [0.717, 1.165) is 24.4 Å². The number of benzene rings is 1. The van der Waals surface area contributed by atoms with Crippen LogP contribution in [-0.2, 0) is 4.74 Å². The number of nitriles is 1. The van der Waals surface area contributed by atoms with Crippen LogP contribution in [0, 0.1) is 11.5 Å². The Morgan fingerprint density at radius 1 is 1.21 bits per heavy atom. The lowest BCUT2D eigenvalue weighted by Crippen LogP contribution is -2.02. The van der Waals surface area contributed by atoms with E-state index in [1.807, 2.05) is 36.4 Å².